The molecule has 0 bridgehead atoms. The molecule has 1 aromatic heterocycles. The number of benzene rings is 1. The third kappa shape index (κ3) is 3.05. The highest BCUT2D eigenvalue weighted by molar-refractivity contribution is 7.09. The predicted molar refractivity (Wildman–Crippen MR) is 69.5 cm³/mol. The monoisotopic (exact) mass is 279 g/mol. The number of aromatic nitrogens is 1. The third-order valence-corrected chi connectivity index (χ3v) is 3.14. The van der Waals surface area contributed by atoms with Gasteiger partial charge in [-0.2, -0.15) is 0 Å². The first-order valence-electron chi connectivity index (χ1n) is 5.22. The lowest BCUT2D eigenvalue weighted by Gasteiger charge is -2.07. The van der Waals surface area contributed by atoms with Crippen molar-refractivity contribution >= 4 is 28.7 Å². The van der Waals surface area contributed by atoms with Gasteiger partial charge in [0, 0.05) is 29.4 Å². The van der Waals surface area contributed by atoms with E-state index in [2.05, 4.69) is 10.3 Å². The summed E-state index contributed by atoms with van der Waals surface area (Å²) in [6.45, 7) is 0.371. The first kappa shape index (κ1) is 13.0. The number of anilines is 1. The highest BCUT2D eigenvalue weighted by atomic mass is 32.1. The Kier molecular flexibility index (Phi) is 3.71. The van der Waals surface area contributed by atoms with E-state index in [0.29, 0.717) is 12.2 Å². The zero-order valence-corrected chi connectivity index (χ0v) is 10.4. The Balaban J connectivity index is 2.24. The molecule has 0 spiro atoms. The van der Waals surface area contributed by atoms with E-state index >= 15 is 0 Å². The number of hydrogen-bond donors (Lipinski definition) is 2. The lowest BCUT2D eigenvalue weighted by molar-refractivity contribution is -0.384. The van der Waals surface area contributed by atoms with E-state index < -0.39 is 10.9 Å². The molecule has 0 saturated carbocycles. The molecule has 0 aliphatic carbocycles. The van der Waals surface area contributed by atoms with Crippen LogP contribution in [0.4, 0.5) is 11.4 Å². The summed E-state index contributed by atoms with van der Waals surface area (Å²) in [6, 6.07) is 3.68. The summed E-state index contributed by atoms with van der Waals surface area (Å²) in [7, 11) is 0. The summed E-state index contributed by atoms with van der Waals surface area (Å²) in [4.78, 5) is 25.1. The van der Waals surface area contributed by atoms with Gasteiger partial charge in [-0.05, 0) is 6.07 Å². The summed E-state index contributed by atoms with van der Waals surface area (Å²) in [6.07, 6.45) is 1.65. The van der Waals surface area contributed by atoms with Crippen molar-refractivity contribution in [1.82, 2.24) is 4.98 Å². The average Bonchev–Trinajstić information content (AvgIpc) is 2.89. The molecule has 0 fully saturated rings. The number of rotatable bonds is 5. The number of carboxylic acid groups (broad SMARTS) is 1. The molecule has 1 aromatic carbocycles. The number of thiazole rings is 1. The van der Waals surface area contributed by atoms with Crippen LogP contribution in [-0.2, 0) is 6.54 Å². The van der Waals surface area contributed by atoms with E-state index in [1.54, 1.807) is 6.20 Å². The van der Waals surface area contributed by atoms with Crippen LogP contribution in [0.25, 0.3) is 0 Å². The summed E-state index contributed by atoms with van der Waals surface area (Å²) in [5.74, 6) is -1.22. The van der Waals surface area contributed by atoms with Gasteiger partial charge in [-0.1, -0.05) is 0 Å². The molecular formula is C11H9N3O4S. The second kappa shape index (κ2) is 5.44. The minimum atomic E-state index is -1.22. The van der Waals surface area contributed by atoms with E-state index in [1.807, 2.05) is 5.38 Å². The number of nitrogens with one attached hydrogen (secondary N) is 1. The highest BCUT2D eigenvalue weighted by Gasteiger charge is 2.15. The van der Waals surface area contributed by atoms with Crippen LogP contribution in [0.15, 0.2) is 29.8 Å². The number of aromatic carboxylic acids is 1. The van der Waals surface area contributed by atoms with E-state index in [4.69, 9.17) is 5.11 Å². The number of nitro groups is 1. The van der Waals surface area contributed by atoms with Crippen LogP contribution in [0.2, 0.25) is 0 Å². The van der Waals surface area contributed by atoms with E-state index in [0.717, 1.165) is 11.1 Å². The molecule has 0 amide bonds. The molecule has 0 radical (unpaired) electrons. The molecule has 7 nitrogen and oxygen atoms in total. The van der Waals surface area contributed by atoms with Crippen LogP contribution in [0, 0.1) is 10.1 Å². The quantitative estimate of drug-likeness (QED) is 0.643. The van der Waals surface area contributed by atoms with Gasteiger partial charge < -0.3 is 10.4 Å². The van der Waals surface area contributed by atoms with Gasteiger partial charge >= 0.3 is 5.97 Å². The van der Waals surface area contributed by atoms with Crippen LogP contribution in [-0.4, -0.2) is 21.0 Å². The third-order valence-electron chi connectivity index (χ3n) is 2.36. The van der Waals surface area contributed by atoms with Crippen molar-refractivity contribution in [3.63, 3.8) is 0 Å². The summed E-state index contributed by atoms with van der Waals surface area (Å²) >= 11 is 1.44. The van der Waals surface area contributed by atoms with Gasteiger partial charge in [0.05, 0.1) is 17.0 Å². The molecule has 0 aliphatic heterocycles. The van der Waals surface area contributed by atoms with E-state index in [1.165, 1.54) is 23.5 Å². The van der Waals surface area contributed by atoms with Crippen molar-refractivity contribution in [2.45, 2.75) is 6.54 Å². The zero-order chi connectivity index (χ0) is 13.8. The molecule has 1 heterocycles. The Bertz CT molecular complexity index is 612. The van der Waals surface area contributed by atoms with Crippen molar-refractivity contribution in [3.8, 4) is 0 Å². The molecule has 0 atom stereocenters. The second-order valence-electron chi connectivity index (χ2n) is 3.57. The van der Waals surface area contributed by atoms with Crippen molar-refractivity contribution in [2.24, 2.45) is 0 Å². The summed E-state index contributed by atoms with van der Waals surface area (Å²) < 4.78 is 0. The maximum Gasteiger partial charge on any atom is 0.338 e. The van der Waals surface area contributed by atoms with Crippen LogP contribution >= 0.6 is 11.3 Å². The summed E-state index contributed by atoms with van der Waals surface area (Å²) in [5.41, 5.74) is -0.0590. The topological polar surface area (TPSA) is 105 Å². The Morgan fingerprint density at radius 2 is 2.32 bits per heavy atom. The number of carboxylic acids is 1. The molecular weight excluding hydrogens is 270 g/mol. The van der Waals surface area contributed by atoms with Gasteiger partial charge in [-0.15, -0.1) is 11.3 Å². The molecule has 0 unspecified atom stereocenters. The molecule has 0 aliphatic rings. The van der Waals surface area contributed by atoms with Gasteiger partial charge in [0.25, 0.3) is 5.69 Å². The van der Waals surface area contributed by atoms with Crippen molar-refractivity contribution in [3.05, 3.63) is 50.5 Å². The molecule has 0 saturated heterocycles. The Hall–Kier alpha value is -2.48. The van der Waals surface area contributed by atoms with E-state index in [-0.39, 0.29) is 11.3 Å². The fraction of sp³-hybridized carbons (Fsp3) is 0.0909. The second-order valence-corrected chi connectivity index (χ2v) is 4.55. The lowest BCUT2D eigenvalue weighted by atomic mass is 10.1. The minimum absolute atomic E-state index is 0.134. The van der Waals surface area contributed by atoms with Crippen LogP contribution < -0.4 is 5.32 Å². The zero-order valence-electron chi connectivity index (χ0n) is 9.57. The first-order chi connectivity index (χ1) is 9.08. The Morgan fingerprint density at radius 1 is 1.53 bits per heavy atom. The van der Waals surface area contributed by atoms with Gasteiger partial charge in [0.1, 0.15) is 5.01 Å². The van der Waals surface area contributed by atoms with E-state index in [9.17, 15) is 14.9 Å². The number of nitrogens with zero attached hydrogens (tertiary/aromatic N) is 2. The van der Waals surface area contributed by atoms with Crippen LogP contribution in [0.5, 0.6) is 0 Å². The molecule has 2 rings (SSSR count). The number of nitro benzene ring substituents is 1. The molecule has 8 heteroatoms. The van der Waals surface area contributed by atoms with Crippen molar-refractivity contribution in [2.75, 3.05) is 5.32 Å². The SMILES string of the molecule is O=C(O)c1cc([N+](=O)[O-])ccc1NCc1nccs1. The van der Waals surface area contributed by atoms with Gasteiger partial charge in [-0.3, -0.25) is 10.1 Å². The smallest absolute Gasteiger partial charge is 0.338 e. The maximum atomic E-state index is 11.1. The van der Waals surface area contributed by atoms with Gasteiger partial charge in [0.15, 0.2) is 0 Å². The van der Waals surface area contributed by atoms with Crippen LogP contribution in [0.3, 0.4) is 0 Å². The fourth-order valence-corrected chi connectivity index (χ4v) is 2.04. The lowest BCUT2D eigenvalue weighted by Crippen LogP contribution is -2.07. The normalized spacial score (nSPS) is 10.1. The van der Waals surface area contributed by atoms with Gasteiger partial charge in [-0.25, -0.2) is 9.78 Å². The fourth-order valence-electron chi connectivity index (χ4n) is 1.49. The van der Waals surface area contributed by atoms with Crippen LogP contribution in [0.1, 0.15) is 15.4 Å². The Labute approximate surface area is 111 Å². The maximum absolute atomic E-state index is 11.1. The van der Waals surface area contributed by atoms with Crippen molar-refractivity contribution < 1.29 is 14.8 Å². The summed E-state index contributed by atoms with van der Waals surface area (Å²) in [5, 5.41) is 25.2. The minimum Gasteiger partial charge on any atom is -0.478 e. The molecule has 2 N–H and O–H groups in total. The Morgan fingerprint density at radius 3 is 2.89 bits per heavy atom. The molecule has 19 heavy (non-hydrogen) atoms. The first-order valence-corrected chi connectivity index (χ1v) is 6.10. The largest absolute Gasteiger partial charge is 0.478 e. The predicted octanol–water partition coefficient (Wildman–Crippen LogP) is 2.36. The number of hydrogen-bond acceptors (Lipinski definition) is 6. The average molecular weight is 279 g/mol. The number of non-ortho nitro benzene ring substituents is 1. The van der Waals surface area contributed by atoms with Gasteiger partial charge in [0.2, 0.25) is 0 Å². The molecule has 98 valence electrons. The van der Waals surface area contributed by atoms with Crippen molar-refractivity contribution in [1.29, 1.82) is 0 Å². The standard InChI is InChI=1S/C11H9N3O4S/c15-11(16)8-5-7(14(17)18)1-2-9(8)13-6-10-12-3-4-19-10/h1-5,13H,6H2,(H,15,16). The number of carbonyl (C=O) groups is 1. The highest BCUT2D eigenvalue weighted by Crippen LogP contribution is 2.23. The molecule has 2 aromatic rings.